The van der Waals surface area contributed by atoms with Crippen molar-refractivity contribution in [1.29, 1.82) is 0 Å². The van der Waals surface area contributed by atoms with Gasteiger partial charge < -0.3 is 10.2 Å². The van der Waals surface area contributed by atoms with Gasteiger partial charge in [-0.15, -0.1) is 0 Å². The van der Waals surface area contributed by atoms with Gasteiger partial charge in [-0.1, -0.05) is 42.5 Å². The SMILES string of the molecule is Cc1cccc(N2CCN=C2NNC(=S)NCc2ccccc2)c1C. The number of benzene rings is 2. The van der Waals surface area contributed by atoms with Gasteiger partial charge in [-0.05, 0) is 48.8 Å². The van der Waals surface area contributed by atoms with E-state index in [9.17, 15) is 0 Å². The van der Waals surface area contributed by atoms with Crippen molar-refractivity contribution in [3.63, 3.8) is 0 Å². The number of thiocarbonyl (C=S) groups is 1. The van der Waals surface area contributed by atoms with E-state index in [0.29, 0.717) is 11.7 Å². The third kappa shape index (κ3) is 4.28. The molecule has 0 aliphatic carbocycles. The highest BCUT2D eigenvalue weighted by Crippen LogP contribution is 2.24. The third-order valence-electron chi connectivity index (χ3n) is 4.29. The van der Waals surface area contributed by atoms with Crippen LogP contribution in [0.4, 0.5) is 5.69 Å². The third-order valence-corrected chi connectivity index (χ3v) is 4.54. The molecule has 5 nitrogen and oxygen atoms in total. The van der Waals surface area contributed by atoms with Crippen molar-refractivity contribution < 1.29 is 0 Å². The van der Waals surface area contributed by atoms with E-state index >= 15 is 0 Å². The van der Waals surface area contributed by atoms with Crippen LogP contribution in [-0.2, 0) is 6.54 Å². The topological polar surface area (TPSA) is 51.7 Å². The van der Waals surface area contributed by atoms with Gasteiger partial charge in [0.05, 0.1) is 6.54 Å². The first-order valence-corrected chi connectivity index (χ1v) is 8.78. The first-order valence-electron chi connectivity index (χ1n) is 8.37. The molecule has 0 bridgehead atoms. The predicted molar refractivity (Wildman–Crippen MR) is 108 cm³/mol. The standard InChI is InChI=1S/C19H23N5S/c1-14-7-6-10-17(15(14)2)24-12-11-20-18(24)22-23-19(25)21-13-16-8-4-3-5-9-16/h3-10H,11-13H2,1-2H3,(H,20,22)(H2,21,23,25). The number of nitrogens with zero attached hydrogens (tertiary/aromatic N) is 2. The summed E-state index contributed by atoms with van der Waals surface area (Å²) in [6.07, 6.45) is 0. The fourth-order valence-corrected chi connectivity index (χ4v) is 2.87. The van der Waals surface area contributed by atoms with Crippen LogP contribution in [0.5, 0.6) is 0 Å². The molecule has 0 saturated carbocycles. The molecule has 3 rings (SSSR count). The van der Waals surface area contributed by atoms with Crippen molar-refractivity contribution in [3.8, 4) is 0 Å². The smallest absolute Gasteiger partial charge is 0.217 e. The monoisotopic (exact) mass is 353 g/mol. The lowest BCUT2D eigenvalue weighted by Crippen LogP contribution is -2.51. The van der Waals surface area contributed by atoms with Crippen LogP contribution in [-0.4, -0.2) is 24.2 Å². The Morgan fingerprint density at radius 2 is 1.92 bits per heavy atom. The molecule has 25 heavy (non-hydrogen) atoms. The maximum atomic E-state index is 5.33. The van der Waals surface area contributed by atoms with Gasteiger partial charge in [-0.2, -0.15) is 0 Å². The molecule has 2 aromatic carbocycles. The molecule has 3 N–H and O–H groups in total. The summed E-state index contributed by atoms with van der Waals surface area (Å²) in [5.74, 6) is 0.789. The second kappa shape index (κ2) is 7.98. The van der Waals surface area contributed by atoms with Crippen molar-refractivity contribution >= 4 is 29.0 Å². The number of hydrazine groups is 1. The van der Waals surface area contributed by atoms with Crippen molar-refractivity contribution in [2.75, 3.05) is 18.0 Å². The second-order valence-electron chi connectivity index (χ2n) is 5.99. The van der Waals surface area contributed by atoms with Crippen molar-refractivity contribution in [1.82, 2.24) is 16.2 Å². The van der Waals surface area contributed by atoms with Crippen molar-refractivity contribution in [3.05, 3.63) is 65.2 Å². The van der Waals surface area contributed by atoms with Crippen LogP contribution in [0.1, 0.15) is 16.7 Å². The van der Waals surface area contributed by atoms with Gasteiger partial charge in [0, 0.05) is 18.8 Å². The quantitative estimate of drug-likeness (QED) is 0.585. The van der Waals surface area contributed by atoms with Gasteiger partial charge in [0.25, 0.3) is 0 Å². The van der Waals surface area contributed by atoms with Crippen LogP contribution in [0.15, 0.2) is 53.5 Å². The zero-order valence-corrected chi connectivity index (χ0v) is 15.4. The molecule has 6 heteroatoms. The summed E-state index contributed by atoms with van der Waals surface area (Å²) < 4.78 is 0. The molecular weight excluding hydrogens is 330 g/mol. The minimum atomic E-state index is 0.541. The highest BCUT2D eigenvalue weighted by molar-refractivity contribution is 7.80. The highest BCUT2D eigenvalue weighted by atomic mass is 32.1. The normalized spacial score (nSPS) is 13.4. The maximum Gasteiger partial charge on any atom is 0.217 e. The Kier molecular flexibility index (Phi) is 5.50. The Hall–Kier alpha value is -2.60. The second-order valence-corrected chi connectivity index (χ2v) is 6.40. The van der Waals surface area contributed by atoms with E-state index in [4.69, 9.17) is 12.2 Å². The summed E-state index contributed by atoms with van der Waals surface area (Å²) in [5, 5.41) is 3.72. The van der Waals surface area contributed by atoms with Crippen molar-refractivity contribution in [2.45, 2.75) is 20.4 Å². The van der Waals surface area contributed by atoms with Crippen LogP contribution in [0, 0.1) is 13.8 Å². The minimum absolute atomic E-state index is 0.541. The van der Waals surface area contributed by atoms with E-state index in [2.05, 4.69) is 70.2 Å². The lowest BCUT2D eigenvalue weighted by molar-refractivity contribution is 0.795. The largest absolute Gasteiger partial charge is 0.357 e. The average Bonchev–Trinajstić information content (AvgIpc) is 3.10. The molecule has 0 fully saturated rings. The van der Waals surface area contributed by atoms with Gasteiger partial charge >= 0.3 is 0 Å². The van der Waals surface area contributed by atoms with E-state index in [1.165, 1.54) is 22.4 Å². The van der Waals surface area contributed by atoms with Crippen LogP contribution < -0.4 is 21.1 Å². The first kappa shape index (κ1) is 17.2. The molecule has 0 spiro atoms. The van der Waals surface area contributed by atoms with Crippen LogP contribution >= 0.6 is 12.2 Å². The summed E-state index contributed by atoms with van der Waals surface area (Å²) in [6, 6.07) is 16.5. The van der Waals surface area contributed by atoms with E-state index < -0.39 is 0 Å². The molecule has 0 unspecified atom stereocenters. The zero-order valence-electron chi connectivity index (χ0n) is 14.5. The van der Waals surface area contributed by atoms with E-state index in [-0.39, 0.29) is 0 Å². The Morgan fingerprint density at radius 1 is 1.12 bits per heavy atom. The summed E-state index contributed by atoms with van der Waals surface area (Å²) in [5.41, 5.74) is 11.1. The summed E-state index contributed by atoms with van der Waals surface area (Å²) in [7, 11) is 0. The van der Waals surface area contributed by atoms with E-state index in [1.807, 2.05) is 18.2 Å². The van der Waals surface area contributed by atoms with Crippen LogP contribution in [0.25, 0.3) is 0 Å². The molecule has 1 heterocycles. The van der Waals surface area contributed by atoms with Gasteiger partial charge in [-0.3, -0.25) is 10.9 Å². The Balaban J connectivity index is 1.55. The number of anilines is 1. The van der Waals surface area contributed by atoms with E-state index in [1.54, 1.807) is 0 Å². The van der Waals surface area contributed by atoms with Crippen molar-refractivity contribution in [2.24, 2.45) is 4.99 Å². The molecule has 0 amide bonds. The zero-order chi connectivity index (χ0) is 17.6. The Labute approximate surface area is 154 Å². The summed E-state index contributed by atoms with van der Waals surface area (Å²) in [4.78, 5) is 6.71. The maximum absolute atomic E-state index is 5.33. The molecular formula is C19H23N5S. The number of rotatable bonds is 3. The highest BCUT2D eigenvalue weighted by Gasteiger charge is 2.20. The van der Waals surface area contributed by atoms with Gasteiger partial charge in [0.2, 0.25) is 5.96 Å². The molecule has 0 aromatic heterocycles. The lowest BCUT2D eigenvalue weighted by Gasteiger charge is -2.24. The molecule has 0 radical (unpaired) electrons. The predicted octanol–water partition coefficient (Wildman–Crippen LogP) is 2.65. The number of nitrogens with one attached hydrogen (secondary N) is 3. The molecule has 130 valence electrons. The fraction of sp³-hybridized carbons (Fsp3) is 0.263. The molecule has 2 aromatic rings. The number of aliphatic imine (C=N–C) groups is 1. The van der Waals surface area contributed by atoms with Gasteiger partial charge in [0.1, 0.15) is 0 Å². The van der Waals surface area contributed by atoms with Crippen LogP contribution in [0.2, 0.25) is 0 Å². The first-order chi connectivity index (χ1) is 12.1. The number of hydrogen-bond donors (Lipinski definition) is 3. The van der Waals surface area contributed by atoms with Gasteiger partial charge in [0.15, 0.2) is 5.11 Å². The number of hydrogen-bond acceptors (Lipinski definition) is 4. The molecule has 0 atom stereocenters. The number of guanidine groups is 1. The van der Waals surface area contributed by atoms with Gasteiger partial charge in [-0.25, -0.2) is 4.99 Å². The van der Waals surface area contributed by atoms with Crippen LogP contribution in [0.3, 0.4) is 0 Å². The average molecular weight is 353 g/mol. The Bertz CT molecular complexity index is 773. The van der Waals surface area contributed by atoms with E-state index in [0.717, 1.165) is 19.0 Å². The fourth-order valence-electron chi connectivity index (χ4n) is 2.75. The Morgan fingerprint density at radius 3 is 2.72 bits per heavy atom. The lowest BCUT2D eigenvalue weighted by atomic mass is 10.1. The molecule has 0 saturated heterocycles. The molecule has 1 aliphatic heterocycles. The number of aryl methyl sites for hydroxylation is 1. The summed E-state index contributed by atoms with van der Waals surface area (Å²) in [6.45, 7) is 6.57. The summed E-state index contributed by atoms with van der Waals surface area (Å²) >= 11 is 5.33. The minimum Gasteiger partial charge on any atom is -0.357 e. The molecule has 1 aliphatic rings.